The molecular formula is C23H26N2O4. The summed E-state index contributed by atoms with van der Waals surface area (Å²) in [4.78, 5) is 28.5. The van der Waals surface area contributed by atoms with Gasteiger partial charge in [-0.15, -0.1) is 5.92 Å². The van der Waals surface area contributed by atoms with Crippen molar-refractivity contribution in [2.45, 2.75) is 51.5 Å². The van der Waals surface area contributed by atoms with Crippen LogP contribution < -0.4 is 0 Å². The van der Waals surface area contributed by atoms with E-state index in [2.05, 4.69) is 30.8 Å². The minimum Gasteiger partial charge on any atom is -0.466 e. The van der Waals surface area contributed by atoms with Crippen LogP contribution in [0.2, 0.25) is 0 Å². The van der Waals surface area contributed by atoms with Gasteiger partial charge in [0.15, 0.2) is 11.5 Å². The third-order valence-electron chi connectivity index (χ3n) is 5.10. The van der Waals surface area contributed by atoms with Crippen LogP contribution in [-0.4, -0.2) is 35.3 Å². The molecule has 1 atom stereocenters. The number of fused-ring (bicyclic) bond motifs is 3. The lowest BCUT2D eigenvalue weighted by Crippen LogP contribution is -2.39. The highest BCUT2D eigenvalue weighted by Gasteiger charge is 2.49. The second kappa shape index (κ2) is 9.00. The van der Waals surface area contributed by atoms with Crippen molar-refractivity contribution in [2.24, 2.45) is 0 Å². The Bertz CT molecular complexity index is 1010. The molecule has 6 heteroatoms. The fraction of sp³-hybridized carbons (Fsp3) is 0.435. The molecular weight excluding hydrogens is 368 g/mol. The van der Waals surface area contributed by atoms with E-state index in [-0.39, 0.29) is 5.97 Å². The minimum atomic E-state index is -0.766. The first-order chi connectivity index (χ1) is 14.1. The van der Waals surface area contributed by atoms with Gasteiger partial charge in [-0.05, 0) is 31.4 Å². The molecule has 152 valence electrons. The molecule has 0 N–H and O–H groups in total. The zero-order valence-corrected chi connectivity index (χ0v) is 17.2. The van der Waals surface area contributed by atoms with Crippen molar-refractivity contribution < 1.29 is 19.2 Å². The number of carbonyl (C=O) groups is 1. The average molecular weight is 394 g/mol. The SMILES string of the molecule is CCCCC1(C#CCCCOC(C)=O)c2cc3ccccc3n2C(=C=O)N1OC. The summed E-state index contributed by atoms with van der Waals surface area (Å²) in [5.74, 6) is 8.70. The first kappa shape index (κ1) is 20.7. The van der Waals surface area contributed by atoms with Crippen molar-refractivity contribution in [3.63, 3.8) is 0 Å². The highest BCUT2D eigenvalue weighted by Crippen LogP contribution is 2.46. The van der Waals surface area contributed by atoms with Gasteiger partial charge in [-0.1, -0.05) is 37.5 Å². The van der Waals surface area contributed by atoms with Gasteiger partial charge in [0.2, 0.25) is 5.82 Å². The molecule has 0 saturated heterocycles. The van der Waals surface area contributed by atoms with Crippen LogP contribution in [0.25, 0.3) is 16.7 Å². The van der Waals surface area contributed by atoms with E-state index in [9.17, 15) is 9.59 Å². The molecule has 2 heterocycles. The van der Waals surface area contributed by atoms with Crippen LogP contribution in [0.1, 0.15) is 51.6 Å². The molecule has 1 unspecified atom stereocenters. The number of esters is 1. The predicted octanol–water partition coefficient (Wildman–Crippen LogP) is 3.88. The van der Waals surface area contributed by atoms with Gasteiger partial charge in [0.05, 0.1) is 24.9 Å². The van der Waals surface area contributed by atoms with E-state index >= 15 is 0 Å². The Morgan fingerprint density at radius 2 is 2.03 bits per heavy atom. The molecule has 1 aliphatic rings. The third kappa shape index (κ3) is 3.80. The predicted molar refractivity (Wildman–Crippen MR) is 111 cm³/mol. The topological polar surface area (TPSA) is 60.8 Å². The number of hydrogen-bond donors (Lipinski definition) is 0. The Balaban J connectivity index is 2.05. The van der Waals surface area contributed by atoms with Crippen LogP contribution in [-0.2, 0) is 24.7 Å². The number of hydrogen-bond acceptors (Lipinski definition) is 5. The Labute approximate surface area is 171 Å². The van der Waals surface area contributed by atoms with Crippen LogP contribution in [0, 0.1) is 11.8 Å². The summed E-state index contributed by atoms with van der Waals surface area (Å²) in [6, 6.07) is 10.0. The van der Waals surface area contributed by atoms with Crippen molar-refractivity contribution in [1.82, 2.24) is 9.63 Å². The second-order valence-electron chi connectivity index (χ2n) is 7.04. The Kier molecular flexibility index (Phi) is 6.43. The number of para-hydroxylation sites is 1. The lowest BCUT2D eigenvalue weighted by molar-refractivity contribution is -0.141. The van der Waals surface area contributed by atoms with E-state index in [1.165, 1.54) is 6.92 Å². The zero-order chi connectivity index (χ0) is 20.9. The van der Waals surface area contributed by atoms with Crippen molar-refractivity contribution in [3.8, 4) is 11.8 Å². The quantitative estimate of drug-likeness (QED) is 0.309. The molecule has 0 spiro atoms. The van der Waals surface area contributed by atoms with Gasteiger partial charge in [-0.25, -0.2) is 9.86 Å². The molecule has 6 nitrogen and oxygen atoms in total. The van der Waals surface area contributed by atoms with E-state index in [4.69, 9.17) is 9.57 Å². The standard InChI is InChI=1S/C23H26N2O4/c1-4-5-13-23(14-9-6-10-15-29-18(2)27)21-16-19-11-7-8-12-20(19)24(21)22(17-26)25(23)28-3/h7-8,11-12,16H,4-6,10,13,15H2,1-3H3. The van der Waals surface area contributed by atoms with Crippen molar-refractivity contribution in [2.75, 3.05) is 13.7 Å². The minimum absolute atomic E-state index is 0.288. The molecule has 2 aromatic rings. The van der Waals surface area contributed by atoms with Gasteiger partial charge in [-0.2, -0.15) is 0 Å². The Morgan fingerprint density at radius 3 is 2.72 bits per heavy atom. The summed E-state index contributed by atoms with van der Waals surface area (Å²) >= 11 is 0. The molecule has 29 heavy (non-hydrogen) atoms. The monoisotopic (exact) mass is 394 g/mol. The molecule has 1 aliphatic heterocycles. The van der Waals surface area contributed by atoms with Crippen LogP contribution in [0.3, 0.4) is 0 Å². The van der Waals surface area contributed by atoms with Gasteiger partial charge in [-0.3, -0.25) is 14.2 Å². The Morgan fingerprint density at radius 1 is 1.24 bits per heavy atom. The molecule has 0 fully saturated rings. The highest BCUT2D eigenvalue weighted by atomic mass is 16.7. The van der Waals surface area contributed by atoms with Crippen molar-refractivity contribution in [1.29, 1.82) is 0 Å². The van der Waals surface area contributed by atoms with Crippen molar-refractivity contribution in [3.05, 3.63) is 36.0 Å². The number of ether oxygens (including phenoxy) is 1. The first-order valence-electron chi connectivity index (χ1n) is 9.93. The summed E-state index contributed by atoms with van der Waals surface area (Å²) in [6.45, 7) is 3.87. The lowest BCUT2D eigenvalue weighted by Gasteiger charge is -2.32. The number of aromatic nitrogens is 1. The summed E-state index contributed by atoms with van der Waals surface area (Å²) in [6.07, 6.45) is 3.88. The lowest BCUT2D eigenvalue weighted by atomic mass is 9.89. The van der Waals surface area contributed by atoms with Gasteiger partial charge < -0.3 is 4.74 Å². The normalized spacial score (nSPS) is 17.6. The molecule has 0 bridgehead atoms. The largest absolute Gasteiger partial charge is 0.466 e. The molecule has 0 aliphatic carbocycles. The highest BCUT2D eigenvalue weighted by molar-refractivity contribution is 5.91. The maximum atomic E-state index is 11.9. The molecule has 1 aromatic heterocycles. The number of hydroxylamine groups is 2. The van der Waals surface area contributed by atoms with Gasteiger partial charge in [0, 0.05) is 18.7 Å². The smallest absolute Gasteiger partial charge is 0.302 e. The van der Waals surface area contributed by atoms with E-state index in [1.807, 2.05) is 28.8 Å². The van der Waals surface area contributed by atoms with Crippen LogP contribution >= 0.6 is 0 Å². The van der Waals surface area contributed by atoms with E-state index < -0.39 is 5.54 Å². The third-order valence-corrected chi connectivity index (χ3v) is 5.10. The summed E-state index contributed by atoms with van der Waals surface area (Å²) < 4.78 is 6.87. The second-order valence-corrected chi connectivity index (χ2v) is 7.04. The molecule has 3 rings (SSSR count). The van der Waals surface area contributed by atoms with Gasteiger partial charge in [0.25, 0.3) is 0 Å². The maximum absolute atomic E-state index is 11.9. The van der Waals surface area contributed by atoms with Gasteiger partial charge in [0.1, 0.15) is 0 Å². The first-order valence-corrected chi connectivity index (χ1v) is 9.93. The van der Waals surface area contributed by atoms with Gasteiger partial charge >= 0.3 is 5.97 Å². The molecule has 0 amide bonds. The summed E-state index contributed by atoms with van der Waals surface area (Å²) in [5.41, 5.74) is 1.08. The molecule has 0 radical (unpaired) electrons. The average Bonchev–Trinajstić information content (AvgIpc) is 3.22. The van der Waals surface area contributed by atoms with E-state index in [1.54, 1.807) is 12.2 Å². The van der Waals surface area contributed by atoms with Crippen molar-refractivity contribution >= 4 is 28.6 Å². The van der Waals surface area contributed by atoms with Crippen LogP contribution in [0.4, 0.5) is 0 Å². The number of rotatable bonds is 7. The maximum Gasteiger partial charge on any atom is 0.302 e. The summed E-state index contributed by atoms with van der Waals surface area (Å²) in [5, 5.41) is 2.64. The van der Waals surface area contributed by atoms with E-state index in [0.29, 0.717) is 25.3 Å². The fourth-order valence-electron chi connectivity index (χ4n) is 3.82. The molecule has 1 aromatic carbocycles. The number of benzene rings is 1. The zero-order valence-electron chi connectivity index (χ0n) is 17.2. The number of unbranched alkanes of at least 4 members (excludes halogenated alkanes) is 2. The number of carbonyl (C=O) groups excluding carboxylic acids is 2. The van der Waals surface area contributed by atoms with Crippen LogP contribution in [0.5, 0.6) is 0 Å². The Hall–Kier alpha value is -3.00. The van der Waals surface area contributed by atoms with Crippen LogP contribution in [0.15, 0.2) is 30.3 Å². The summed E-state index contributed by atoms with van der Waals surface area (Å²) in [7, 11) is 1.55. The van der Waals surface area contributed by atoms with E-state index in [0.717, 1.165) is 35.9 Å². The molecule has 0 saturated carbocycles. The number of nitrogens with zero attached hydrogens (tertiary/aromatic N) is 2. The fourth-order valence-corrected chi connectivity index (χ4v) is 3.82.